The van der Waals surface area contributed by atoms with Crippen molar-refractivity contribution in [2.45, 2.75) is 6.92 Å². The average molecular weight is 278 g/mol. The van der Waals surface area contributed by atoms with Crippen LogP contribution in [-0.4, -0.2) is 28.2 Å². The van der Waals surface area contributed by atoms with Gasteiger partial charge in [-0.1, -0.05) is 0 Å². The van der Waals surface area contributed by atoms with Gasteiger partial charge in [0.2, 0.25) is 21.8 Å². The molecule has 9 heteroatoms. The minimum absolute atomic E-state index is 0.0405. The summed E-state index contributed by atoms with van der Waals surface area (Å²) in [5.41, 5.74) is 0.185. The Bertz CT molecular complexity index is 568. The number of nitrogens with one attached hydrogen (secondary N) is 1. The highest BCUT2D eigenvalue weighted by Crippen LogP contribution is 2.27. The largest absolute Gasteiger partial charge is 0.507 e. The first-order valence-electron chi connectivity index (χ1n) is 4.31. The molecule has 0 aliphatic carbocycles. The third kappa shape index (κ3) is 2.74. The van der Waals surface area contributed by atoms with E-state index in [9.17, 15) is 21.9 Å². The van der Waals surface area contributed by atoms with Crippen LogP contribution in [0.3, 0.4) is 0 Å². The highest BCUT2D eigenvalue weighted by atomic mass is 32.2. The van der Waals surface area contributed by atoms with E-state index in [2.05, 4.69) is 0 Å². The summed E-state index contributed by atoms with van der Waals surface area (Å²) in [7, 11) is -6.68. The summed E-state index contributed by atoms with van der Waals surface area (Å²) in [4.78, 5) is 0. The number of phenols is 1. The fourth-order valence-electron chi connectivity index (χ4n) is 1.26. The van der Waals surface area contributed by atoms with Gasteiger partial charge in [0.05, 0.1) is 5.69 Å². The first-order chi connectivity index (χ1) is 7.88. The molecule has 0 atom stereocenters. The Morgan fingerprint density at radius 2 is 1.76 bits per heavy atom. The van der Waals surface area contributed by atoms with E-state index in [-0.39, 0.29) is 26.3 Å². The number of anilines is 1. The maximum atomic E-state index is 10.8. The van der Waals surface area contributed by atoms with Crippen LogP contribution in [0.5, 0.6) is 5.75 Å². The number of phenolic OH excluding ortho intramolecular Hbond substituents is 1. The Balaban J connectivity index is 3.51. The van der Waals surface area contributed by atoms with E-state index in [0.29, 0.717) is 0 Å². The Hall–Kier alpha value is -1.61. The number of rotatable bonds is 4. The summed E-state index contributed by atoms with van der Waals surface area (Å²) in [6, 6.07) is 2.31. The number of aromatic hydroxyl groups is 1. The minimum Gasteiger partial charge on any atom is -0.507 e. The molecule has 0 aromatic heterocycles. The van der Waals surface area contributed by atoms with Crippen LogP contribution in [0.15, 0.2) is 12.1 Å². The van der Waals surface area contributed by atoms with Gasteiger partial charge in [-0.2, -0.15) is 3.71 Å². The monoisotopic (exact) mass is 278 g/mol. The van der Waals surface area contributed by atoms with E-state index in [1.165, 1.54) is 13.0 Å². The lowest BCUT2D eigenvalue weighted by Crippen LogP contribution is -2.19. The van der Waals surface area contributed by atoms with Crippen LogP contribution < -0.4 is 3.71 Å². The molecular formula is C8H10N2O5S2. The Morgan fingerprint density at radius 1 is 1.24 bits per heavy atom. The van der Waals surface area contributed by atoms with Crippen molar-refractivity contribution < 1.29 is 21.9 Å². The van der Waals surface area contributed by atoms with Crippen molar-refractivity contribution in [1.29, 1.82) is 5.41 Å². The normalized spacial score (nSPS) is 10.8. The molecule has 0 aliphatic heterocycles. The second kappa shape index (κ2) is 5.15. The molecule has 1 aromatic rings. The van der Waals surface area contributed by atoms with Crippen LogP contribution in [0, 0.1) is 12.3 Å². The number of aryl methyl sites for hydroxylation is 1. The van der Waals surface area contributed by atoms with Crippen molar-refractivity contribution in [3.63, 3.8) is 0 Å². The third-order valence-corrected chi connectivity index (χ3v) is 3.97. The van der Waals surface area contributed by atoms with Gasteiger partial charge in [0.25, 0.3) is 0 Å². The second-order valence-corrected chi connectivity index (χ2v) is 5.18. The van der Waals surface area contributed by atoms with Crippen molar-refractivity contribution in [1.82, 2.24) is 0 Å². The summed E-state index contributed by atoms with van der Waals surface area (Å²) in [5.74, 6) is -0.189. The molecule has 0 spiro atoms. The summed E-state index contributed by atoms with van der Waals surface area (Å²) in [5, 5.41) is 16.5. The molecule has 17 heavy (non-hydrogen) atoms. The maximum absolute atomic E-state index is 10.8. The van der Waals surface area contributed by atoms with Crippen molar-refractivity contribution in [2.24, 2.45) is 0 Å². The van der Waals surface area contributed by atoms with E-state index in [1.807, 2.05) is 0 Å². The molecule has 0 saturated heterocycles. The zero-order valence-electron chi connectivity index (χ0n) is 8.65. The first-order valence-corrected chi connectivity index (χ1v) is 6.57. The van der Waals surface area contributed by atoms with Gasteiger partial charge in [0, 0.05) is 11.8 Å². The van der Waals surface area contributed by atoms with Crippen molar-refractivity contribution >= 4 is 33.7 Å². The van der Waals surface area contributed by atoms with E-state index < -0.39 is 21.8 Å². The quantitative estimate of drug-likeness (QED) is 0.440. The smallest absolute Gasteiger partial charge is 0.237 e. The zero-order valence-corrected chi connectivity index (χ0v) is 10.4. The van der Waals surface area contributed by atoms with Gasteiger partial charge < -0.3 is 10.5 Å². The zero-order chi connectivity index (χ0) is 13.2. The molecule has 94 valence electrons. The van der Waals surface area contributed by atoms with E-state index >= 15 is 0 Å². The molecular weight excluding hydrogens is 268 g/mol. The number of benzene rings is 1. The van der Waals surface area contributed by atoms with Crippen molar-refractivity contribution in [3.05, 3.63) is 23.3 Å². The number of nitrogens with zero attached hydrogens (tertiary/aromatic N) is 1. The van der Waals surface area contributed by atoms with Crippen molar-refractivity contribution in [3.8, 4) is 5.75 Å². The maximum Gasteiger partial charge on any atom is 0.237 e. The van der Waals surface area contributed by atoms with Crippen LogP contribution in [0.2, 0.25) is 0 Å². The predicted molar refractivity (Wildman–Crippen MR) is 63.8 cm³/mol. The number of thiol groups is 2. The van der Waals surface area contributed by atoms with Gasteiger partial charge in [-0.05, 0) is 24.6 Å². The van der Waals surface area contributed by atoms with Crippen LogP contribution in [0.4, 0.5) is 5.69 Å². The molecule has 1 aromatic carbocycles. The molecule has 0 aliphatic rings. The summed E-state index contributed by atoms with van der Waals surface area (Å²) in [6.07, 6.45) is 0.805. The molecule has 0 saturated carbocycles. The number of hydrogen-bond acceptors (Lipinski definition) is 6. The highest BCUT2D eigenvalue weighted by Gasteiger charge is 2.14. The van der Waals surface area contributed by atoms with Gasteiger partial charge in [-0.15, -0.1) is 0 Å². The second-order valence-electron chi connectivity index (χ2n) is 3.11. The van der Waals surface area contributed by atoms with Crippen LogP contribution in [0.1, 0.15) is 11.1 Å². The van der Waals surface area contributed by atoms with E-state index in [0.717, 1.165) is 12.3 Å². The minimum atomic E-state index is -3.34. The summed E-state index contributed by atoms with van der Waals surface area (Å²) in [6.45, 7) is 1.47. The molecule has 7 nitrogen and oxygen atoms in total. The Kier molecular flexibility index (Phi) is 4.07. The average Bonchev–Trinajstić information content (AvgIpc) is 2.21. The topological polar surface area (TPSA) is 116 Å². The van der Waals surface area contributed by atoms with Gasteiger partial charge in [-0.25, -0.2) is 16.8 Å². The highest BCUT2D eigenvalue weighted by molar-refractivity contribution is 7.92. The third-order valence-electron chi connectivity index (χ3n) is 2.01. The number of hydrogen-bond donors (Lipinski definition) is 4. The fraction of sp³-hybridized carbons (Fsp3) is 0.125. The van der Waals surface area contributed by atoms with Gasteiger partial charge >= 0.3 is 0 Å². The lowest BCUT2D eigenvalue weighted by Gasteiger charge is -2.12. The Labute approximate surface area is 101 Å². The first kappa shape index (κ1) is 13.5. The summed E-state index contributed by atoms with van der Waals surface area (Å²) >= 11 is 0. The lowest BCUT2D eigenvalue weighted by molar-refractivity contribution is 0.470. The molecule has 0 unspecified atom stereocenters. The fourth-order valence-corrected chi connectivity index (χ4v) is 2.35. The van der Waals surface area contributed by atoms with Crippen molar-refractivity contribution in [2.75, 3.05) is 3.71 Å². The summed E-state index contributed by atoms with van der Waals surface area (Å²) < 4.78 is 43.4. The SMILES string of the molecule is Cc1cc(N([SH](=O)=O)[SH](=O)=O)cc(C=N)c1O. The van der Waals surface area contributed by atoms with Gasteiger partial charge in [0.15, 0.2) is 0 Å². The molecule has 0 bridgehead atoms. The molecule has 0 fully saturated rings. The predicted octanol–water partition coefficient (Wildman–Crippen LogP) is -0.443. The molecule has 0 amide bonds. The van der Waals surface area contributed by atoms with Crippen LogP contribution >= 0.6 is 0 Å². The standard InChI is InChI=1S/C8H10N2O5S2/c1-5-2-7(3-6(4-9)8(5)11)10(16(12)13)17(14)15/h2-4,9,11,16-17H,1H3. The van der Waals surface area contributed by atoms with Crippen LogP contribution in [0.25, 0.3) is 0 Å². The lowest BCUT2D eigenvalue weighted by atomic mass is 10.1. The van der Waals surface area contributed by atoms with Gasteiger partial charge in [-0.3, -0.25) is 0 Å². The molecule has 2 N–H and O–H groups in total. The van der Waals surface area contributed by atoms with E-state index in [1.54, 1.807) is 0 Å². The molecule has 0 heterocycles. The molecule has 0 radical (unpaired) electrons. The Morgan fingerprint density at radius 3 is 2.18 bits per heavy atom. The van der Waals surface area contributed by atoms with Crippen LogP contribution in [-0.2, 0) is 21.8 Å². The van der Waals surface area contributed by atoms with E-state index in [4.69, 9.17) is 5.41 Å². The molecule has 1 rings (SSSR count). The van der Waals surface area contributed by atoms with Gasteiger partial charge in [0.1, 0.15) is 5.75 Å².